The molecule has 4 rings (SSSR count). The average Bonchev–Trinajstić information content (AvgIpc) is 2.75. The van der Waals surface area contributed by atoms with Crippen LogP contribution in [0.5, 0.6) is 11.5 Å². The largest absolute Gasteiger partial charge is 0.508 e. The lowest BCUT2D eigenvalue weighted by atomic mass is 9.93. The van der Waals surface area contributed by atoms with Crippen LogP contribution in [0.15, 0.2) is 71.7 Å². The predicted molar refractivity (Wildman–Crippen MR) is 117 cm³/mol. The van der Waals surface area contributed by atoms with Crippen LogP contribution in [0.2, 0.25) is 10.0 Å². The van der Waals surface area contributed by atoms with Crippen molar-refractivity contribution in [1.82, 2.24) is 5.32 Å². The second-order valence-corrected chi connectivity index (χ2v) is 7.76. The number of ether oxygens (including phenoxy) is 1. The summed E-state index contributed by atoms with van der Waals surface area (Å²) in [5.74, 6) is 0.975. The van der Waals surface area contributed by atoms with Crippen LogP contribution in [0.25, 0.3) is 0 Å². The Hall–Kier alpha value is -2.53. The van der Waals surface area contributed by atoms with Crippen LogP contribution in [0.4, 0.5) is 0 Å². The zero-order valence-electron chi connectivity index (χ0n) is 15.8. The summed E-state index contributed by atoms with van der Waals surface area (Å²) in [6.45, 7) is 0. The lowest BCUT2D eigenvalue weighted by Crippen LogP contribution is -2.33. The molecular formula is C23H20Cl2N2O2. The third-order valence-corrected chi connectivity index (χ3v) is 5.48. The van der Waals surface area contributed by atoms with E-state index in [1.165, 1.54) is 0 Å². The van der Waals surface area contributed by atoms with E-state index in [1.807, 2.05) is 48.5 Å². The Morgan fingerprint density at radius 3 is 2.52 bits per heavy atom. The summed E-state index contributed by atoms with van der Waals surface area (Å²) in [5.41, 5.74) is 3.64. The molecule has 0 saturated heterocycles. The van der Waals surface area contributed by atoms with Crippen molar-refractivity contribution in [3.63, 3.8) is 0 Å². The number of hydrogen-bond donors (Lipinski definition) is 2. The zero-order chi connectivity index (χ0) is 20.4. The molecule has 148 valence electrons. The van der Waals surface area contributed by atoms with Gasteiger partial charge in [0.2, 0.25) is 0 Å². The second-order valence-electron chi connectivity index (χ2n) is 6.89. The van der Waals surface area contributed by atoms with E-state index in [1.54, 1.807) is 25.3 Å². The van der Waals surface area contributed by atoms with E-state index in [4.69, 9.17) is 32.9 Å². The van der Waals surface area contributed by atoms with Crippen LogP contribution in [0, 0.1) is 0 Å². The number of rotatable bonds is 4. The molecule has 2 atom stereocenters. The number of aromatic hydroxyl groups is 1. The summed E-state index contributed by atoms with van der Waals surface area (Å²) < 4.78 is 5.37. The van der Waals surface area contributed by atoms with Gasteiger partial charge in [-0.15, -0.1) is 0 Å². The van der Waals surface area contributed by atoms with Crippen molar-refractivity contribution < 1.29 is 9.84 Å². The van der Waals surface area contributed by atoms with Gasteiger partial charge in [0.1, 0.15) is 17.7 Å². The minimum atomic E-state index is -0.286. The van der Waals surface area contributed by atoms with Gasteiger partial charge in [0.15, 0.2) is 0 Å². The molecule has 29 heavy (non-hydrogen) atoms. The molecule has 0 aromatic heterocycles. The Morgan fingerprint density at radius 1 is 1.00 bits per heavy atom. The molecule has 6 heteroatoms. The Bertz CT molecular complexity index is 1050. The number of nitrogens with one attached hydrogen (secondary N) is 1. The lowest BCUT2D eigenvalue weighted by Gasteiger charge is -2.31. The molecule has 0 bridgehead atoms. The van der Waals surface area contributed by atoms with E-state index in [0.29, 0.717) is 16.5 Å². The standard InChI is InChI=1S/C23H20Cl2N2O2/c1-29-18-4-2-3-15(11-18)20-13-21(19-12-17(25)9-10-22(19)28)27-23(26-20)14-5-7-16(24)8-6-14/h2-12,21,23,27-28H,13H2,1H3. The monoisotopic (exact) mass is 426 g/mol. The molecule has 4 nitrogen and oxygen atoms in total. The second kappa shape index (κ2) is 8.46. The Morgan fingerprint density at radius 2 is 1.76 bits per heavy atom. The Kier molecular flexibility index (Phi) is 5.76. The van der Waals surface area contributed by atoms with Crippen LogP contribution >= 0.6 is 23.2 Å². The number of methoxy groups -OCH3 is 1. The van der Waals surface area contributed by atoms with Crippen LogP contribution < -0.4 is 10.1 Å². The molecular weight excluding hydrogens is 407 g/mol. The van der Waals surface area contributed by atoms with Crippen LogP contribution in [-0.4, -0.2) is 17.9 Å². The van der Waals surface area contributed by atoms with Gasteiger partial charge in [-0.2, -0.15) is 0 Å². The summed E-state index contributed by atoms with van der Waals surface area (Å²) >= 11 is 12.3. The first kappa shape index (κ1) is 19.8. The lowest BCUT2D eigenvalue weighted by molar-refractivity contribution is 0.411. The predicted octanol–water partition coefficient (Wildman–Crippen LogP) is 5.93. The van der Waals surface area contributed by atoms with Crippen molar-refractivity contribution in [3.05, 3.63) is 93.5 Å². The zero-order valence-corrected chi connectivity index (χ0v) is 17.3. The van der Waals surface area contributed by atoms with Crippen molar-refractivity contribution >= 4 is 28.9 Å². The number of hydrogen-bond acceptors (Lipinski definition) is 4. The maximum absolute atomic E-state index is 10.4. The van der Waals surface area contributed by atoms with Crippen LogP contribution in [0.1, 0.15) is 35.3 Å². The van der Waals surface area contributed by atoms with Crippen molar-refractivity contribution in [2.75, 3.05) is 7.11 Å². The van der Waals surface area contributed by atoms with Gasteiger partial charge in [0.25, 0.3) is 0 Å². The fourth-order valence-corrected chi connectivity index (χ4v) is 3.81. The molecule has 1 heterocycles. The van der Waals surface area contributed by atoms with E-state index in [2.05, 4.69) is 5.32 Å². The van der Waals surface area contributed by atoms with Gasteiger partial charge >= 0.3 is 0 Å². The van der Waals surface area contributed by atoms with E-state index >= 15 is 0 Å². The highest BCUT2D eigenvalue weighted by Crippen LogP contribution is 2.36. The topological polar surface area (TPSA) is 53.8 Å². The quantitative estimate of drug-likeness (QED) is 0.543. The molecule has 2 N–H and O–H groups in total. The number of phenolic OH excluding ortho intramolecular Hbond substituents is 1. The molecule has 3 aromatic rings. The molecule has 0 radical (unpaired) electrons. The smallest absolute Gasteiger partial charge is 0.126 e. The fraction of sp³-hybridized carbons (Fsp3) is 0.174. The summed E-state index contributed by atoms with van der Waals surface area (Å²) in [6, 6.07) is 20.4. The first-order chi connectivity index (χ1) is 14.0. The van der Waals surface area contributed by atoms with E-state index < -0.39 is 0 Å². The number of aliphatic imine (C=N–C) groups is 1. The highest BCUT2D eigenvalue weighted by molar-refractivity contribution is 6.30. The van der Waals surface area contributed by atoms with Crippen molar-refractivity contribution in [2.24, 2.45) is 4.99 Å². The summed E-state index contributed by atoms with van der Waals surface area (Å²) in [4.78, 5) is 4.95. The van der Waals surface area contributed by atoms with Crippen molar-refractivity contribution in [1.29, 1.82) is 0 Å². The Balaban J connectivity index is 1.77. The van der Waals surface area contributed by atoms with E-state index in [-0.39, 0.29) is 18.0 Å². The van der Waals surface area contributed by atoms with Gasteiger partial charge in [-0.1, -0.05) is 47.5 Å². The first-order valence-corrected chi connectivity index (χ1v) is 10.00. The van der Waals surface area contributed by atoms with Gasteiger partial charge in [-0.25, -0.2) is 0 Å². The summed E-state index contributed by atoms with van der Waals surface area (Å²) in [7, 11) is 1.65. The van der Waals surface area contributed by atoms with E-state index in [9.17, 15) is 5.11 Å². The average molecular weight is 427 g/mol. The van der Waals surface area contributed by atoms with Gasteiger partial charge in [0.05, 0.1) is 7.11 Å². The van der Waals surface area contributed by atoms with Crippen molar-refractivity contribution in [2.45, 2.75) is 18.6 Å². The third kappa shape index (κ3) is 4.40. The molecule has 1 aliphatic rings. The minimum absolute atomic E-state index is 0.159. The highest BCUT2D eigenvalue weighted by Gasteiger charge is 2.28. The molecule has 0 aliphatic carbocycles. The molecule has 0 saturated carbocycles. The maximum Gasteiger partial charge on any atom is 0.126 e. The number of nitrogens with zero attached hydrogens (tertiary/aromatic N) is 1. The maximum atomic E-state index is 10.4. The normalized spacial score (nSPS) is 18.9. The first-order valence-electron chi connectivity index (χ1n) is 9.24. The minimum Gasteiger partial charge on any atom is -0.508 e. The molecule has 0 amide bonds. The van der Waals surface area contributed by atoms with Gasteiger partial charge in [-0.3, -0.25) is 10.3 Å². The molecule has 1 aliphatic heterocycles. The van der Waals surface area contributed by atoms with Gasteiger partial charge in [-0.05, 0) is 53.6 Å². The molecule has 3 aromatic carbocycles. The highest BCUT2D eigenvalue weighted by atomic mass is 35.5. The molecule has 0 fully saturated rings. The third-order valence-electron chi connectivity index (χ3n) is 5.00. The molecule has 0 spiro atoms. The van der Waals surface area contributed by atoms with Gasteiger partial charge < -0.3 is 9.84 Å². The Labute approximate surface area is 179 Å². The van der Waals surface area contributed by atoms with Crippen LogP contribution in [0.3, 0.4) is 0 Å². The summed E-state index contributed by atoms with van der Waals surface area (Å²) in [5, 5.41) is 15.2. The SMILES string of the molecule is COc1cccc(C2=NC(c3ccc(Cl)cc3)NC(c3cc(Cl)ccc3O)C2)c1. The number of phenols is 1. The fourth-order valence-electron chi connectivity index (χ4n) is 3.50. The van der Waals surface area contributed by atoms with Crippen molar-refractivity contribution in [3.8, 4) is 11.5 Å². The summed E-state index contributed by atoms with van der Waals surface area (Å²) in [6.07, 6.45) is 0.316. The van der Waals surface area contributed by atoms with Gasteiger partial charge in [0, 0.05) is 33.8 Å². The van der Waals surface area contributed by atoms with Crippen LogP contribution in [-0.2, 0) is 0 Å². The number of benzene rings is 3. The van der Waals surface area contributed by atoms with E-state index in [0.717, 1.165) is 28.2 Å². The molecule has 2 unspecified atom stereocenters. The number of halogens is 2.